The van der Waals surface area contributed by atoms with Gasteiger partial charge in [0.1, 0.15) is 19.0 Å². The second-order valence-corrected chi connectivity index (χ2v) is 6.16. The Kier molecular flexibility index (Phi) is 8.28. The van der Waals surface area contributed by atoms with Crippen molar-refractivity contribution in [3.05, 3.63) is 24.3 Å². The van der Waals surface area contributed by atoms with E-state index in [1.165, 1.54) is 5.69 Å². The molecule has 0 bridgehead atoms. The SMILES string of the molecule is COCCOc1ccc(N2CCN(CCN(C)CCF)CC2)cc1. The number of ether oxygens (including phenoxy) is 2. The average molecular weight is 339 g/mol. The molecule has 1 saturated heterocycles. The van der Waals surface area contributed by atoms with Gasteiger partial charge in [-0.2, -0.15) is 0 Å². The Bertz CT molecular complexity index is 450. The summed E-state index contributed by atoms with van der Waals surface area (Å²) >= 11 is 0. The van der Waals surface area contributed by atoms with Crippen LogP contribution in [-0.2, 0) is 4.74 Å². The van der Waals surface area contributed by atoms with Crippen LogP contribution in [0.2, 0.25) is 0 Å². The molecule has 0 saturated carbocycles. The highest BCUT2D eigenvalue weighted by atomic mass is 19.1. The molecule has 1 fully saturated rings. The lowest BCUT2D eigenvalue weighted by Crippen LogP contribution is -2.48. The molecule has 2 rings (SSSR count). The highest BCUT2D eigenvalue weighted by Crippen LogP contribution is 2.20. The van der Waals surface area contributed by atoms with Crippen molar-refractivity contribution >= 4 is 5.69 Å². The molecule has 1 aromatic carbocycles. The molecule has 24 heavy (non-hydrogen) atoms. The van der Waals surface area contributed by atoms with E-state index in [2.05, 4.69) is 26.8 Å². The van der Waals surface area contributed by atoms with Crippen LogP contribution in [0.4, 0.5) is 10.1 Å². The lowest BCUT2D eigenvalue weighted by atomic mass is 10.2. The first-order chi connectivity index (χ1) is 11.7. The van der Waals surface area contributed by atoms with Gasteiger partial charge in [0, 0.05) is 58.6 Å². The minimum absolute atomic E-state index is 0.268. The molecule has 1 aliphatic rings. The molecule has 5 nitrogen and oxygen atoms in total. The molecule has 1 aliphatic heterocycles. The number of hydrogen-bond donors (Lipinski definition) is 0. The molecule has 0 aromatic heterocycles. The standard InChI is InChI=1S/C18H30FN3O2/c1-20(8-7-19)9-10-21-11-13-22(14-12-21)17-3-5-18(6-4-17)24-16-15-23-2/h3-6H,7-16H2,1-2H3. The van der Waals surface area contributed by atoms with Crippen molar-refractivity contribution in [1.82, 2.24) is 9.80 Å². The number of nitrogens with zero attached hydrogens (tertiary/aromatic N) is 3. The van der Waals surface area contributed by atoms with Crippen LogP contribution in [0, 0.1) is 0 Å². The summed E-state index contributed by atoms with van der Waals surface area (Å²) < 4.78 is 22.9. The zero-order valence-electron chi connectivity index (χ0n) is 14.9. The molecule has 0 radical (unpaired) electrons. The van der Waals surface area contributed by atoms with E-state index in [0.717, 1.165) is 45.0 Å². The predicted octanol–water partition coefficient (Wildman–Crippen LogP) is 1.74. The van der Waals surface area contributed by atoms with Crippen LogP contribution < -0.4 is 9.64 Å². The maximum absolute atomic E-state index is 12.3. The minimum Gasteiger partial charge on any atom is -0.491 e. The summed E-state index contributed by atoms with van der Waals surface area (Å²) in [6.07, 6.45) is 0. The molecular formula is C18H30FN3O2. The van der Waals surface area contributed by atoms with Crippen LogP contribution in [0.1, 0.15) is 0 Å². The zero-order chi connectivity index (χ0) is 17.2. The lowest BCUT2D eigenvalue weighted by molar-refractivity contribution is 0.146. The highest BCUT2D eigenvalue weighted by molar-refractivity contribution is 5.49. The lowest BCUT2D eigenvalue weighted by Gasteiger charge is -2.36. The van der Waals surface area contributed by atoms with Gasteiger partial charge in [-0.15, -0.1) is 0 Å². The maximum atomic E-state index is 12.3. The molecule has 0 aliphatic carbocycles. The van der Waals surface area contributed by atoms with Gasteiger partial charge in [0.05, 0.1) is 6.61 Å². The summed E-state index contributed by atoms with van der Waals surface area (Å²) in [5.74, 6) is 0.880. The van der Waals surface area contributed by atoms with Gasteiger partial charge in [0.2, 0.25) is 0 Å². The van der Waals surface area contributed by atoms with E-state index >= 15 is 0 Å². The second kappa shape index (κ2) is 10.5. The fourth-order valence-electron chi connectivity index (χ4n) is 2.79. The van der Waals surface area contributed by atoms with Crippen molar-refractivity contribution in [1.29, 1.82) is 0 Å². The molecule has 0 N–H and O–H groups in total. The highest BCUT2D eigenvalue weighted by Gasteiger charge is 2.17. The topological polar surface area (TPSA) is 28.2 Å². The zero-order valence-corrected chi connectivity index (χ0v) is 14.9. The summed E-state index contributed by atoms with van der Waals surface area (Å²) in [6.45, 7) is 7.52. The fraction of sp³-hybridized carbons (Fsp3) is 0.667. The van der Waals surface area contributed by atoms with E-state index < -0.39 is 0 Å². The Morgan fingerprint density at radius 1 is 1.04 bits per heavy atom. The van der Waals surface area contributed by atoms with E-state index in [0.29, 0.717) is 19.8 Å². The molecule has 0 unspecified atom stereocenters. The molecule has 1 aromatic rings. The van der Waals surface area contributed by atoms with Gasteiger partial charge in [0.15, 0.2) is 0 Å². The van der Waals surface area contributed by atoms with Gasteiger partial charge >= 0.3 is 0 Å². The minimum atomic E-state index is -0.268. The van der Waals surface area contributed by atoms with Gasteiger partial charge in [-0.05, 0) is 31.3 Å². The van der Waals surface area contributed by atoms with Crippen molar-refractivity contribution in [2.75, 3.05) is 84.8 Å². The van der Waals surface area contributed by atoms with Crippen molar-refractivity contribution in [2.45, 2.75) is 0 Å². The number of alkyl halides is 1. The third kappa shape index (κ3) is 6.26. The summed E-state index contributed by atoms with van der Waals surface area (Å²) in [5.41, 5.74) is 1.24. The van der Waals surface area contributed by atoms with Crippen molar-refractivity contribution < 1.29 is 13.9 Å². The van der Waals surface area contributed by atoms with Gasteiger partial charge in [-0.1, -0.05) is 0 Å². The first-order valence-electron chi connectivity index (χ1n) is 8.66. The Morgan fingerprint density at radius 2 is 1.75 bits per heavy atom. The van der Waals surface area contributed by atoms with Gasteiger partial charge in [0.25, 0.3) is 0 Å². The molecule has 0 atom stereocenters. The van der Waals surface area contributed by atoms with Crippen LogP contribution in [0.25, 0.3) is 0 Å². The van der Waals surface area contributed by atoms with E-state index in [-0.39, 0.29) is 6.67 Å². The maximum Gasteiger partial charge on any atom is 0.119 e. The number of halogens is 1. The van der Waals surface area contributed by atoms with Crippen LogP contribution >= 0.6 is 0 Å². The summed E-state index contributed by atoms with van der Waals surface area (Å²) in [7, 11) is 3.65. The first kappa shape index (κ1) is 19.0. The van der Waals surface area contributed by atoms with Gasteiger partial charge in [-0.25, -0.2) is 4.39 Å². The average Bonchev–Trinajstić information content (AvgIpc) is 2.62. The Morgan fingerprint density at radius 3 is 2.38 bits per heavy atom. The summed E-state index contributed by atoms with van der Waals surface area (Å²) in [4.78, 5) is 6.91. The van der Waals surface area contributed by atoms with Crippen LogP contribution in [-0.4, -0.2) is 89.7 Å². The number of rotatable bonds is 10. The first-order valence-corrected chi connectivity index (χ1v) is 8.66. The molecule has 0 amide bonds. The largest absolute Gasteiger partial charge is 0.491 e. The van der Waals surface area contributed by atoms with Crippen molar-refractivity contribution in [2.24, 2.45) is 0 Å². The molecule has 6 heteroatoms. The number of methoxy groups -OCH3 is 1. The molecule has 136 valence electrons. The number of hydrogen-bond acceptors (Lipinski definition) is 5. The number of piperazine rings is 1. The quantitative estimate of drug-likeness (QED) is 0.606. The molecule has 1 heterocycles. The Balaban J connectivity index is 1.71. The van der Waals surface area contributed by atoms with E-state index in [1.54, 1.807) is 7.11 Å². The normalized spacial score (nSPS) is 15.9. The number of benzene rings is 1. The number of anilines is 1. The van der Waals surface area contributed by atoms with Gasteiger partial charge in [-0.3, -0.25) is 4.90 Å². The van der Waals surface area contributed by atoms with Crippen LogP contribution in [0.5, 0.6) is 5.75 Å². The monoisotopic (exact) mass is 339 g/mol. The van der Waals surface area contributed by atoms with Crippen molar-refractivity contribution in [3.63, 3.8) is 0 Å². The third-order valence-corrected chi connectivity index (χ3v) is 4.39. The summed E-state index contributed by atoms with van der Waals surface area (Å²) in [6, 6.07) is 8.27. The van der Waals surface area contributed by atoms with Crippen molar-refractivity contribution in [3.8, 4) is 5.75 Å². The predicted molar refractivity (Wildman–Crippen MR) is 95.9 cm³/mol. The van der Waals surface area contributed by atoms with E-state index in [1.807, 2.05) is 19.2 Å². The Hall–Kier alpha value is -1.37. The summed E-state index contributed by atoms with van der Waals surface area (Å²) in [5, 5.41) is 0. The fourth-order valence-corrected chi connectivity index (χ4v) is 2.79. The van der Waals surface area contributed by atoms with Gasteiger partial charge < -0.3 is 19.3 Å². The molecule has 0 spiro atoms. The van der Waals surface area contributed by atoms with E-state index in [9.17, 15) is 4.39 Å². The Labute approximate surface area is 144 Å². The number of likely N-dealkylation sites (N-methyl/N-ethyl adjacent to an activating group) is 1. The third-order valence-electron chi connectivity index (χ3n) is 4.39. The van der Waals surface area contributed by atoms with E-state index in [4.69, 9.17) is 9.47 Å². The van der Waals surface area contributed by atoms with Crippen LogP contribution in [0.3, 0.4) is 0 Å². The molecular weight excluding hydrogens is 309 g/mol. The smallest absolute Gasteiger partial charge is 0.119 e. The second-order valence-electron chi connectivity index (χ2n) is 6.16. The van der Waals surface area contributed by atoms with Crippen LogP contribution in [0.15, 0.2) is 24.3 Å².